The molecule has 2 N–H and O–H groups in total. The number of pyridine rings is 1. The molecule has 2 unspecified atom stereocenters. The average Bonchev–Trinajstić information content (AvgIpc) is 2.38. The maximum atomic E-state index is 12.2. The smallest absolute Gasteiger partial charge is 0.305 e. The van der Waals surface area contributed by atoms with Crippen molar-refractivity contribution in [1.82, 2.24) is 10.3 Å². The highest BCUT2D eigenvalue weighted by atomic mass is 16.4. The van der Waals surface area contributed by atoms with Crippen LogP contribution in [0.15, 0.2) is 24.4 Å². The van der Waals surface area contributed by atoms with Gasteiger partial charge in [-0.3, -0.25) is 14.6 Å². The number of aromatic nitrogens is 1. The lowest BCUT2D eigenvalue weighted by atomic mass is 9.74. The van der Waals surface area contributed by atoms with Crippen molar-refractivity contribution in [3.8, 4) is 0 Å². The van der Waals surface area contributed by atoms with Crippen molar-refractivity contribution in [2.45, 2.75) is 44.6 Å². The number of amides is 1. The molecule has 1 aromatic heterocycles. The first-order valence-electron chi connectivity index (χ1n) is 6.96. The van der Waals surface area contributed by atoms with E-state index in [1.807, 2.05) is 0 Å². The topological polar surface area (TPSA) is 79.3 Å². The molecule has 0 spiro atoms. The van der Waals surface area contributed by atoms with Crippen LogP contribution in [-0.4, -0.2) is 27.5 Å². The third-order valence-electron chi connectivity index (χ3n) is 3.86. The van der Waals surface area contributed by atoms with E-state index >= 15 is 0 Å². The number of rotatable bonds is 4. The quantitative estimate of drug-likeness (QED) is 0.884. The molecule has 0 radical (unpaired) electrons. The minimum Gasteiger partial charge on any atom is -0.481 e. The summed E-state index contributed by atoms with van der Waals surface area (Å²) in [5, 5.41) is 12.1. The highest BCUT2D eigenvalue weighted by Crippen LogP contribution is 2.34. The highest BCUT2D eigenvalue weighted by molar-refractivity contribution is 5.93. The van der Waals surface area contributed by atoms with Crippen molar-refractivity contribution >= 4 is 11.9 Å². The van der Waals surface area contributed by atoms with Crippen molar-refractivity contribution in [3.63, 3.8) is 0 Å². The predicted molar refractivity (Wildman–Crippen MR) is 74.3 cm³/mol. The van der Waals surface area contributed by atoms with Gasteiger partial charge in [0.15, 0.2) is 0 Å². The molecule has 2 rings (SSSR count). The zero-order valence-corrected chi connectivity index (χ0v) is 11.6. The van der Waals surface area contributed by atoms with E-state index in [1.54, 1.807) is 24.4 Å². The van der Waals surface area contributed by atoms with Crippen LogP contribution in [0.1, 0.15) is 49.5 Å². The van der Waals surface area contributed by atoms with Gasteiger partial charge in [-0.15, -0.1) is 0 Å². The molecule has 108 valence electrons. The molecular weight excluding hydrogens is 256 g/mol. The third-order valence-corrected chi connectivity index (χ3v) is 3.86. The summed E-state index contributed by atoms with van der Waals surface area (Å²) in [4.78, 5) is 27.4. The molecule has 1 heterocycles. The minimum atomic E-state index is -0.875. The number of hydrogen-bond donors (Lipinski definition) is 2. The molecule has 1 aliphatic rings. The number of nitrogens with zero attached hydrogens (tertiary/aromatic N) is 1. The number of carbonyl (C=O) groups excluding carboxylic acids is 1. The standard InChI is InChI=1S/C15H20N2O3/c1-11-5-4-7-15(9-11,10-13(18)19)17-14(20)12-6-2-3-8-16-12/h2-3,6,8,11H,4-5,7,9-10H2,1H3,(H,17,20)(H,18,19). The van der Waals surface area contributed by atoms with E-state index in [1.165, 1.54) is 0 Å². The Hall–Kier alpha value is -1.91. The van der Waals surface area contributed by atoms with E-state index in [4.69, 9.17) is 5.11 Å². The molecule has 1 amide bonds. The maximum Gasteiger partial charge on any atom is 0.305 e. The zero-order valence-electron chi connectivity index (χ0n) is 11.6. The minimum absolute atomic E-state index is 0.0318. The summed E-state index contributed by atoms with van der Waals surface area (Å²) >= 11 is 0. The second-order valence-corrected chi connectivity index (χ2v) is 5.72. The molecule has 1 fully saturated rings. The number of nitrogens with one attached hydrogen (secondary N) is 1. The van der Waals surface area contributed by atoms with Crippen molar-refractivity contribution in [2.24, 2.45) is 5.92 Å². The third kappa shape index (κ3) is 3.56. The van der Waals surface area contributed by atoms with E-state index < -0.39 is 11.5 Å². The van der Waals surface area contributed by atoms with Gasteiger partial charge in [0.25, 0.3) is 5.91 Å². The summed E-state index contributed by atoms with van der Waals surface area (Å²) in [6.07, 6.45) is 4.97. The molecule has 5 nitrogen and oxygen atoms in total. The van der Waals surface area contributed by atoms with Gasteiger partial charge >= 0.3 is 5.97 Å². The van der Waals surface area contributed by atoms with Gasteiger partial charge in [-0.05, 0) is 30.9 Å². The van der Waals surface area contributed by atoms with Crippen LogP contribution in [0.5, 0.6) is 0 Å². The van der Waals surface area contributed by atoms with E-state index in [-0.39, 0.29) is 12.3 Å². The fraction of sp³-hybridized carbons (Fsp3) is 0.533. The lowest BCUT2D eigenvalue weighted by Gasteiger charge is -2.39. The first-order chi connectivity index (χ1) is 9.51. The molecule has 5 heteroatoms. The molecule has 1 saturated carbocycles. The molecule has 0 aliphatic heterocycles. The van der Waals surface area contributed by atoms with Gasteiger partial charge < -0.3 is 10.4 Å². The largest absolute Gasteiger partial charge is 0.481 e. The van der Waals surface area contributed by atoms with Crippen molar-refractivity contribution in [2.75, 3.05) is 0 Å². The Morgan fingerprint density at radius 1 is 1.50 bits per heavy atom. The lowest BCUT2D eigenvalue weighted by molar-refractivity contribution is -0.139. The Labute approximate surface area is 118 Å². The summed E-state index contributed by atoms with van der Waals surface area (Å²) < 4.78 is 0. The first kappa shape index (κ1) is 14.5. The van der Waals surface area contributed by atoms with Crippen LogP contribution in [0.25, 0.3) is 0 Å². The normalized spacial score (nSPS) is 25.9. The number of aliphatic carboxylic acids is 1. The van der Waals surface area contributed by atoms with Crippen LogP contribution in [0, 0.1) is 5.92 Å². The average molecular weight is 276 g/mol. The molecule has 20 heavy (non-hydrogen) atoms. The van der Waals surface area contributed by atoms with Crippen LogP contribution < -0.4 is 5.32 Å². The zero-order chi connectivity index (χ0) is 14.6. The van der Waals surface area contributed by atoms with Gasteiger partial charge in [0.1, 0.15) is 5.69 Å². The number of hydrogen-bond acceptors (Lipinski definition) is 3. The Bertz CT molecular complexity index is 489. The number of carbonyl (C=O) groups is 2. The Morgan fingerprint density at radius 2 is 2.30 bits per heavy atom. The van der Waals surface area contributed by atoms with E-state index in [9.17, 15) is 9.59 Å². The summed E-state index contributed by atoms with van der Waals surface area (Å²) in [5.41, 5.74) is -0.312. The van der Waals surface area contributed by atoms with Gasteiger partial charge in [-0.2, -0.15) is 0 Å². The lowest BCUT2D eigenvalue weighted by Crippen LogP contribution is -2.52. The monoisotopic (exact) mass is 276 g/mol. The molecule has 1 aromatic rings. The SMILES string of the molecule is CC1CCCC(CC(=O)O)(NC(=O)c2ccccn2)C1. The van der Waals surface area contributed by atoms with Gasteiger partial charge in [0, 0.05) is 6.20 Å². The van der Waals surface area contributed by atoms with Crippen molar-refractivity contribution in [3.05, 3.63) is 30.1 Å². The van der Waals surface area contributed by atoms with Gasteiger partial charge in [0.2, 0.25) is 0 Å². The number of carboxylic acid groups (broad SMARTS) is 1. The summed E-state index contributed by atoms with van der Waals surface area (Å²) in [7, 11) is 0. The Kier molecular flexibility index (Phi) is 4.37. The van der Waals surface area contributed by atoms with E-state index in [0.29, 0.717) is 24.5 Å². The fourth-order valence-corrected chi connectivity index (χ4v) is 3.07. The summed E-state index contributed by atoms with van der Waals surface area (Å²) in [5.74, 6) is -0.742. The molecular formula is C15H20N2O3. The van der Waals surface area contributed by atoms with Gasteiger partial charge in [-0.25, -0.2) is 0 Å². The Morgan fingerprint density at radius 3 is 2.90 bits per heavy atom. The highest BCUT2D eigenvalue weighted by Gasteiger charge is 2.38. The summed E-state index contributed by atoms with van der Waals surface area (Å²) in [6.45, 7) is 2.10. The van der Waals surface area contributed by atoms with Crippen LogP contribution >= 0.6 is 0 Å². The van der Waals surface area contributed by atoms with E-state index in [0.717, 1.165) is 12.8 Å². The maximum absolute atomic E-state index is 12.2. The predicted octanol–water partition coefficient (Wildman–Crippen LogP) is 2.24. The first-order valence-corrected chi connectivity index (χ1v) is 6.96. The van der Waals surface area contributed by atoms with Crippen molar-refractivity contribution < 1.29 is 14.7 Å². The Balaban J connectivity index is 2.15. The molecule has 2 atom stereocenters. The van der Waals surface area contributed by atoms with Crippen LogP contribution in [0.2, 0.25) is 0 Å². The second-order valence-electron chi connectivity index (χ2n) is 5.72. The van der Waals surface area contributed by atoms with Crippen LogP contribution in [0.4, 0.5) is 0 Å². The molecule has 0 aromatic carbocycles. The fourth-order valence-electron chi connectivity index (χ4n) is 3.07. The number of carboxylic acids is 1. The van der Waals surface area contributed by atoms with Gasteiger partial charge in [0.05, 0.1) is 12.0 Å². The molecule has 1 aliphatic carbocycles. The molecule has 0 bridgehead atoms. The second kappa shape index (κ2) is 6.03. The van der Waals surface area contributed by atoms with Gasteiger partial charge in [-0.1, -0.05) is 25.8 Å². The van der Waals surface area contributed by atoms with Crippen LogP contribution in [0.3, 0.4) is 0 Å². The van der Waals surface area contributed by atoms with Crippen LogP contribution in [-0.2, 0) is 4.79 Å². The molecule has 0 saturated heterocycles. The summed E-state index contributed by atoms with van der Waals surface area (Å²) in [6, 6.07) is 5.12. The van der Waals surface area contributed by atoms with Crippen molar-refractivity contribution in [1.29, 1.82) is 0 Å². The van der Waals surface area contributed by atoms with E-state index in [2.05, 4.69) is 17.2 Å².